The quantitative estimate of drug-likeness (QED) is 0.542. The maximum absolute atomic E-state index is 12.1. The number of anilines is 1. The smallest absolute Gasteiger partial charge is 0.407 e. The lowest BCUT2D eigenvalue weighted by atomic mass is 10.1. The van der Waals surface area contributed by atoms with E-state index in [0.29, 0.717) is 19.5 Å². The number of ether oxygens (including phenoxy) is 1. The Hall–Kier alpha value is -3.35. The zero-order chi connectivity index (χ0) is 19.8. The van der Waals surface area contributed by atoms with Gasteiger partial charge in [0.1, 0.15) is 12.6 Å². The van der Waals surface area contributed by atoms with Gasteiger partial charge in [0.25, 0.3) is 5.91 Å². The molecule has 3 amide bonds. The molecule has 7 nitrogen and oxygen atoms in total. The molecule has 0 radical (unpaired) electrons. The van der Waals surface area contributed by atoms with Crippen molar-refractivity contribution in [2.45, 2.75) is 25.5 Å². The fourth-order valence-electron chi connectivity index (χ4n) is 2.85. The van der Waals surface area contributed by atoms with E-state index in [2.05, 4.69) is 10.6 Å². The molecule has 7 heteroatoms. The van der Waals surface area contributed by atoms with Gasteiger partial charge < -0.3 is 20.3 Å². The van der Waals surface area contributed by atoms with Crippen molar-refractivity contribution in [3.8, 4) is 0 Å². The first-order chi connectivity index (χ1) is 13.6. The molecule has 1 aliphatic heterocycles. The fourth-order valence-corrected chi connectivity index (χ4v) is 2.85. The van der Waals surface area contributed by atoms with E-state index in [9.17, 15) is 14.4 Å². The third-order valence-electron chi connectivity index (χ3n) is 4.40. The number of nitrogens with one attached hydrogen (secondary N) is 2. The monoisotopic (exact) mass is 381 g/mol. The van der Waals surface area contributed by atoms with Crippen LogP contribution in [0, 0.1) is 0 Å². The molecule has 0 aliphatic carbocycles. The number of amides is 3. The highest BCUT2D eigenvalue weighted by atomic mass is 16.5. The molecule has 1 atom stereocenters. The summed E-state index contributed by atoms with van der Waals surface area (Å²) in [7, 11) is 0. The van der Waals surface area contributed by atoms with Gasteiger partial charge in [-0.2, -0.15) is 0 Å². The van der Waals surface area contributed by atoms with Crippen LogP contribution in [0.2, 0.25) is 0 Å². The molecule has 2 aromatic carbocycles. The summed E-state index contributed by atoms with van der Waals surface area (Å²) in [6.45, 7) is 1.00. The molecule has 0 aromatic heterocycles. The Morgan fingerprint density at radius 2 is 1.71 bits per heavy atom. The first kappa shape index (κ1) is 19.4. The van der Waals surface area contributed by atoms with Crippen molar-refractivity contribution in [3.63, 3.8) is 0 Å². The largest absolute Gasteiger partial charge is 0.445 e. The van der Waals surface area contributed by atoms with Crippen molar-refractivity contribution in [3.05, 3.63) is 66.2 Å². The number of benzene rings is 2. The third kappa shape index (κ3) is 5.33. The van der Waals surface area contributed by atoms with Gasteiger partial charge in [-0.05, 0) is 24.1 Å². The SMILES string of the molecule is O=C(CCCNC(=O)OCc1ccccc1)N[C@H]1CN(c2ccccc2)C1=O. The second-order valence-electron chi connectivity index (χ2n) is 6.50. The van der Waals surface area contributed by atoms with Crippen LogP contribution in [0.5, 0.6) is 0 Å². The number of hydrogen-bond donors (Lipinski definition) is 2. The molecule has 1 aliphatic rings. The Morgan fingerprint density at radius 3 is 2.39 bits per heavy atom. The normalized spacial score (nSPS) is 15.5. The number of rotatable bonds is 8. The average Bonchev–Trinajstić information content (AvgIpc) is 2.73. The highest BCUT2D eigenvalue weighted by Crippen LogP contribution is 2.21. The summed E-state index contributed by atoms with van der Waals surface area (Å²) < 4.78 is 5.09. The number of carbonyl (C=O) groups is 3. The minimum absolute atomic E-state index is 0.109. The number of nitrogens with zero attached hydrogens (tertiary/aromatic N) is 1. The lowest BCUT2D eigenvalue weighted by Crippen LogP contribution is -2.64. The second-order valence-corrected chi connectivity index (χ2v) is 6.50. The van der Waals surface area contributed by atoms with Gasteiger partial charge in [0.05, 0.1) is 6.54 Å². The van der Waals surface area contributed by atoms with Gasteiger partial charge in [-0.3, -0.25) is 9.59 Å². The minimum atomic E-state index is -0.517. The summed E-state index contributed by atoms with van der Waals surface area (Å²) >= 11 is 0. The Balaban J connectivity index is 1.27. The number of β-lactam (4-membered cyclic amide) rings is 1. The van der Waals surface area contributed by atoms with E-state index < -0.39 is 12.1 Å². The lowest BCUT2D eigenvalue weighted by Gasteiger charge is -2.38. The number of carbonyl (C=O) groups excluding carboxylic acids is 3. The first-order valence-corrected chi connectivity index (χ1v) is 9.24. The fraction of sp³-hybridized carbons (Fsp3) is 0.286. The summed E-state index contributed by atoms with van der Waals surface area (Å²) in [4.78, 5) is 37.4. The van der Waals surface area contributed by atoms with Gasteiger partial charge in [0, 0.05) is 18.7 Å². The van der Waals surface area contributed by atoms with Gasteiger partial charge in [-0.1, -0.05) is 48.5 Å². The van der Waals surface area contributed by atoms with Crippen molar-refractivity contribution in [1.29, 1.82) is 0 Å². The van der Waals surface area contributed by atoms with Crippen LogP contribution in [-0.2, 0) is 20.9 Å². The van der Waals surface area contributed by atoms with E-state index >= 15 is 0 Å². The molecule has 146 valence electrons. The zero-order valence-corrected chi connectivity index (χ0v) is 15.5. The third-order valence-corrected chi connectivity index (χ3v) is 4.40. The summed E-state index contributed by atoms with van der Waals surface area (Å²) in [6, 6.07) is 18.3. The molecular weight excluding hydrogens is 358 g/mol. The second kappa shape index (κ2) is 9.55. The Labute approximate surface area is 163 Å². The Kier molecular flexibility index (Phi) is 6.62. The highest BCUT2D eigenvalue weighted by Gasteiger charge is 2.38. The van der Waals surface area contributed by atoms with E-state index in [1.807, 2.05) is 60.7 Å². The van der Waals surface area contributed by atoms with Gasteiger partial charge in [0.15, 0.2) is 0 Å². The van der Waals surface area contributed by atoms with Crippen LogP contribution in [0.3, 0.4) is 0 Å². The predicted octanol–water partition coefficient (Wildman–Crippen LogP) is 2.22. The van der Waals surface area contributed by atoms with Crippen molar-refractivity contribution < 1.29 is 19.1 Å². The molecule has 2 aromatic rings. The summed E-state index contributed by atoms with van der Waals surface area (Å²) in [5.74, 6) is -0.312. The molecule has 0 unspecified atom stereocenters. The number of alkyl carbamates (subject to hydrolysis) is 1. The van der Waals surface area contributed by atoms with Crippen LogP contribution < -0.4 is 15.5 Å². The van der Waals surface area contributed by atoms with E-state index in [0.717, 1.165) is 11.3 Å². The molecular formula is C21H23N3O4. The zero-order valence-electron chi connectivity index (χ0n) is 15.5. The summed E-state index contributed by atoms with van der Waals surface area (Å²) in [6.07, 6.45) is 0.181. The van der Waals surface area contributed by atoms with E-state index in [-0.39, 0.29) is 24.8 Å². The van der Waals surface area contributed by atoms with Crippen LogP contribution >= 0.6 is 0 Å². The van der Waals surface area contributed by atoms with Gasteiger partial charge >= 0.3 is 6.09 Å². The van der Waals surface area contributed by atoms with Gasteiger partial charge in [-0.15, -0.1) is 0 Å². The van der Waals surface area contributed by atoms with E-state index in [1.165, 1.54) is 0 Å². The predicted molar refractivity (Wildman–Crippen MR) is 105 cm³/mol. The Morgan fingerprint density at radius 1 is 1.04 bits per heavy atom. The van der Waals surface area contributed by atoms with Crippen LogP contribution in [0.15, 0.2) is 60.7 Å². The van der Waals surface area contributed by atoms with Crippen molar-refractivity contribution in [1.82, 2.24) is 10.6 Å². The maximum Gasteiger partial charge on any atom is 0.407 e. The molecule has 0 bridgehead atoms. The lowest BCUT2D eigenvalue weighted by molar-refractivity contribution is -0.130. The van der Waals surface area contributed by atoms with Gasteiger partial charge in [0.2, 0.25) is 5.91 Å². The molecule has 0 saturated carbocycles. The number of para-hydroxylation sites is 1. The molecule has 1 saturated heterocycles. The maximum atomic E-state index is 12.1. The molecule has 3 rings (SSSR count). The summed E-state index contributed by atoms with van der Waals surface area (Å²) in [5.41, 5.74) is 1.74. The highest BCUT2D eigenvalue weighted by molar-refractivity contribution is 6.05. The first-order valence-electron chi connectivity index (χ1n) is 9.24. The molecule has 28 heavy (non-hydrogen) atoms. The standard InChI is InChI=1S/C21H23N3O4/c25-19(23-18-14-24(20(18)26)17-10-5-2-6-11-17)12-7-13-22-21(27)28-15-16-8-3-1-4-9-16/h1-6,8-11,18H,7,12-15H2,(H,22,27)(H,23,25)/t18-/m0/s1. The number of hydrogen-bond acceptors (Lipinski definition) is 4. The Bertz CT molecular complexity index is 811. The topological polar surface area (TPSA) is 87.7 Å². The average molecular weight is 381 g/mol. The minimum Gasteiger partial charge on any atom is -0.445 e. The van der Waals surface area contributed by atoms with E-state index in [4.69, 9.17) is 4.74 Å². The molecule has 1 heterocycles. The molecule has 1 fully saturated rings. The van der Waals surface area contributed by atoms with Crippen molar-refractivity contribution in [2.75, 3.05) is 18.0 Å². The van der Waals surface area contributed by atoms with Crippen LogP contribution in [0.1, 0.15) is 18.4 Å². The molecule has 2 N–H and O–H groups in total. The van der Waals surface area contributed by atoms with Crippen LogP contribution in [-0.4, -0.2) is 37.0 Å². The van der Waals surface area contributed by atoms with Crippen molar-refractivity contribution in [2.24, 2.45) is 0 Å². The van der Waals surface area contributed by atoms with Crippen molar-refractivity contribution >= 4 is 23.6 Å². The van der Waals surface area contributed by atoms with Crippen LogP contribution in [0.4, 0.5) is 10.5 Å². The van der Waals surface area contributed by atoms with Crippen LogP contribution in [0.25, 0.3) is 0 Å². The molecule has 0 spiro atoms. The summed E-state index contributed by atoms with van der Waals surface area (Å²) in [5, 5.41) is 5.34. The van der Waals surface area contributed by atoms with Gasteiger partial charge in [-0.25, -0.2) is 4.79 Å². The van der Waals surface area contributed by atoms with E-state index in [1.54, 1.807) is 4.90 Å².